The van der Waals surface area contributed by atoms with E-state index < -0.39 is 11.4 Å². The van der Waals surface area contributed by atoms with Crippen molar-refractivity contribution >= 4 is 5.97 Å². The van der Waals surface area contributed by atoms with E-state index >= 15 is 0 Å². The topological polar surface area (TPSA) is 37.3 Å². The van der Waals surface area contributed by atoms with Crippen molar-refractivity contribution in [1.29, 1.82) is 0 Å². The zero-order chi connectivity index (χ0) is 14.2. The minimum atomic E-state index is -0.689. The Morgan fingerprint density at radius 1 is 1.15 bits per heavy atom. The number of hydrogen-bond donors (Lipinski definition) is 1. The standard InChI is InChI=1S/C18H18O2/c1-13-5-2-3-7-15(13)11-14-6-4-8-16(12-14)18(9-10-18)17(19)20/h2-8,12H,9-11H2,1H3,(H,19,20). The van der Waals surface area contributed by atoms with Crippen LogP contribution in [-0.4, -0.2) is 11.1 Å². The normalized spacial score (nSPS) is 15.8. The van der Waals surface area contributed by atoms with Gasteiger partial charge in [-0.1, -0.05) is 48.5 Å². The Balaban J connectivity index is 1.89. The summed E-state index contributed by atoms with van der Waals surface area (Å²) in [6.07, 6.45) is 2.38. The van der Waals surface area contributed by atoms with Crippen molar-refractivity contribution < 1.29 is 9.90 Å². The van der Waals surface area contributed by atoms with Crippen LogP contribution < -0.4 is 0 Å². The SMILES string of the molecule is Cc1ccccc1Cc1cccc(C2(C(=O)O)CC2)c1. The predicted molar refractivity (Wildman–Crippen MR) is 79.0 cm³/mol. The van der Waals surface area contributed by atoms with Crippen molar-refractivity contribution in [2.75, 3.05) is 0 Å². The summed E-state index contributed by atoms with van der Waals surface area (Å²) >= 11 is 0. The molecule has 102 valence electrons. The van der Waals surface area contributed by atoms with Gasteiger partial charge in [0.2, 0.25) is 0 Å². The summed E-state index contributed by atoms with van der Waals surface area (Å²) < 4.78 is 0. The third-order valence-corrected chi connectivity index (χ3v) is 4.29. The van der Waals surface area contributed by atoms with E-state index in [2.05, 4.69) is 31.2 Å². The van der Waals surface area contributed by atoms with Crippen LogP contribution in [0.25, 0.3) is 0 Å². The Hall–Kier alpha value is -2.09. The Morgan fingerprint density at radius 2 is 1.90 bits per heavy atom. The quantitative estimate of drug-likeness (QED) is 0.916. The van der Waals surface area contributed by atoms with Crippen LogP contribution in [0.4, 0.5) is 0 Å². The number of rotatable bonds is 4. The number of carboxylic acid groups (broad SMARTS) is 1. The van der Waals surface area contributed by atoms with Crippen LogP contribution in [0.3, 0.4) is 0 Å². The van der Waals surface area contributed by atoms with Gasteiger partial charge >= 0.3 is 5.97 Å². The van der Waals surface area contributed by atoms with Gasteiger partial charge < -0.3 is 5.11 Å². The number of hydrogen-bond acceptors (Lipinski definition) is 1. The van der Waals surface area contributed by atoms with Gasteiger partial charge in [0, 0.05) is 0 Å². The highest BCUT2D eigenvalue weighted by atomic mass is 16.4. The third kappa shape index (κ3) is 2.22. The molecule has 2 aromatic carbocycles. The van der Waals surface area contributed by atoms with Gasteiger partial charge in [-0.15, -0.1) is 0 Å². The molecule has 1 fully saturated rings. The lowest BCUT2D eigenvalue weighted by atomic mass is 9.92. The first-order valence-electron chi connectivity index (χ1n) is 6.99. The first-order chi connectivity index (χ1) is 9.62. The molecule has 2 heteroatoms. The number of aliphatic carboxylic acids is 1. The van der Waals surface area contributed by atoms with Gasteiger partial charge in [0.05, 0.1) is 5.41 Å². The van der Waals surface area contributed by atoms with Crippen LogP contribution >= 0.6 is 0 Å². The molecular formula is C18H18O2. The highest BCUT2D eigenvalue weighted by Crippen LogP contribution is 2.48. The smallest absolute Gasteiger partial charge is 0.314 e. The van der Waals surface area contributed by atoms with E-state index in [1.54, 1.807) is 0 Å². The largest absolute Gasteiger partial charge is 0.481 e. The van der Waals surface area contributed by atoms with Crippen molar-refractivity contribution in [2.45, 2.75) is 31.6 Å². The maximum atomic E-state index is 11.4. The molecule has 0 aromatic heterocycles. The fourth-order valence-electron chi connectivity index (χ4n) is 2.76. The first-order valence-corrected chi connectivity index (χ1v) is 6.99. The molecule has 0 saturated heterocycles. The summed E-state index contributed by atoms with van der Waals surface area (Å²) in [6, 6.07) is 16.4. The molecule has 0 spiro atoms. The Morgan fingerprint density at radius 3 is 2.55 bits per heavy atom. The zero-order valence-electron chi connectivity index (χ0n) is 11.6. The second kappa shape index (κ2) is 4.78. The minimum absolute atomic E-state index is 0.609. The maximum absolute atomic E-state index is 11.4. The number of benzene rings is 2. The van der Waals surface area contributed by atoms with Gasteiger partial charge in [0.15, 0.2) is 0 Å². The molecule has 0 amide bonds. The lowest BCUT2D eigenvalue weighted by Crippen LogP contribution is -2.19. The van der Waals surface area contributed by atoms with Gasteiger partial charge in [-0.2, -0.15) is 0 Å². The summed E-state index contributed by atoms with van der Waals surface area (Å²) in [6.45, 7) is 2.11. The summed E-state index contributed by atoms with van der Waals surface area (Å²) in [5.74, 6) is -0.689. The summed E-state index contributed by atoms with van der Waals surface area (Å²) in [5, 5.41) is 9.38. The van der Waals surface area contributed by atoms with Gasteiger partial charge in [-0.25, -0.2) is 0 Å². The monoisotopic (exact) mass is 266 g/mol. The van der Waals surface area contributed by atoms with E-state index in [0.717, 1.165) is 24.8 Å². The first kappa shape index (κ1) is 12.9. The zero-order valence-corrected chi connectivity index (χ0v) is 11.6. The highest BCUT2D eigenvalue weighted by molar-refractivity contribution is 5.84. The van der Waals surface area contributed by atoms with E-state index in [1.165, 1.54) is 16.7 Å². The molecule has 2 aromatic rings. The van der Waals surface area contributed by atoms with E-state index in [9.17, 15) is 9.90 Å². The molecule has 0 heterocycles. The molecule has 0 atom stereocenters. The molecule has 2 nitrogen and oxygen atoms in total. The lowest BCUT2D eigenvalue weighted by Gasteiger charge is -2.12. The average Bonchev–Trinajstić information content (AvgIpc) is 3.23. The van der Waals surface area contributed by atoms with Crippen LogP contribution in [0.2, 0.25) is 0 Å². The molecule has 20 heavy (non-hydrogen) atoms. The Bertz CT molecular complexity index is 654. The molecular weight excluding hydrogens is 248 g/mol. The molecule has 0 radical (unpaired) electrons. The van der Waals surface area contributed by atoms with Crippen LogP contribution in [0.1, 0.15) is 35.1 Å². The third-order valence-electron chi connectivity index (χ3n) is 4.29. The second-order valence-corrected chi connectivity index (χ2v) is 5.69. The number of carboxylic acids is 1. The van der Waals surface area contributed by atoms with Crippen molar-refractivity contribution in [3.8, 4) is 0 Å². The minimum Gasteiger partial charge on any atom is -0.481 e. The summed E-state index contributed by atoms with van der Waals surface area (Å²) in [5.41, 5.74) is 4.10. The van der Waals surface area contributed by atoms with E-state index in [1.807, 2.05) is 24.3 Å². The van der Waals surface area contributed by atoms with Crippen LogP contribution in [-0.2, 0) is 16.6 Å². The lowest BCUT2D eigenvalue weighted by molar-refractivity contribution is -0.140. The molecule has 1 saturated carbocycles. The van der Waals surface area contributed by atoms with Crippen LogP contribution in [0.5, 0.6) is 0 Å². The molecule has 0 bridgehead atoms. The van der Waals surface area contributed by atoms with Crippen molar-refractivity contribution in [2.24, 2.45) is 0 Å². The molecule has 1 aliphatic rings. The average molecular weight is 266 g/mol. The van der Waals surface area contributed by atoms with Gasteiger partial charge in [-0.3, -0.25) is 4.79 Å². The van der Waals surface area contributed by atoms with E-state index in [-0.39, 0.29) is 0 Å². The highest BCUT2D eigenvalue weighted by Gasteiger charge is 2.51. The number of aryl methyl sites for hydroxylation is 1. The van der Waals surface area contributed by atoms with Gasteiger partial charge in [0.1, 0.15) is 0 Å². The maximum Gasteiger partial charge on any atom is 0.314 e. The fourth-order valence-corrected chi connectivity index (χ4v) is 2.76. The van der Waals surface area contributed by atoms with Crippen LogP contribution in [0.15, 0.2) is 48.5 Å². The molecule has 0 unspecified atom stereocenters. The van der Waals surface area contributed by atoms with Gasteiger partial charge in [0.25, 0.3) is 0 Å². The predicted octanol–water partition coefficient (Wildman–Crippen LogP) is 3.70. The van der Waals surface area contributed by atoms with Crippen molar-refractivity contribution in [1.82, 2.24) is 0 Å². The Labute approximate surface area is 119 Å². The second-order valence-electron chi connectivity index (χ2n) is 5.69. The van der Waals surface area contributed by atoms with E-state index in [0.29, 0.717) is 0 Å². The van der Waals surface area contributed by atoms with Crippen molar-refractivity contribution in [3.63, 3.8) is 0 Å². The van der Waals surface area contributed by atoms with Crippen molar-refractivity contribution in [3.05, 3.63) is 70.8 Å². The van der Waals surface area contributed by atoms with Crippen LogP contribution in [0, 0.1) is 6.92 Å². The Kier molecular flexibility index (Phi) is 3.09. The summed E-state index contributed by atoms with van der Waals surface area (Å²) in [7, 11) is 0. The fraction of sp³-hybridized carbons (Fsp3) is 0.278. The number of carbonyl (C=O) groups is 1. The van der Waals surface area contributed by atoms with Gasteiger partial charge in [-0.05, 0) is 48.4 Å². The molecule has 1 aliphatic carbocycles. The molecule has 3 rings (SSSR count). The van der Waals surface area contributed by atoms with E-state index in [4.69, 9.17) is 0 Å². The molecule has 0 aliphatic heterocycles. The summed E-state index contributed by atoms with van der Waals surface area (Å²) in [4.78, 5) is 11.4. The molecule has 1 N–H and O–H groups in total.